The second kappa shape index (κ2) is 7.75. The van der Waals surface area contributed by atoms with Gasteiger partial charge in [0, 0.05) is 11.1 Å². The summed E-state index contributed by atoms with van der Waals surface area (Å²) in [4.78, 5) is 17.2. The number of rotatable bonds is 5. The van der Waals surface area contributed by atoms with E-state index in [0.29, 0.717) is 28.4 Å². The van der Waals surface area contributed by atoms with Crippen molar-refractivity contribution >= 4 is 22.8 Å². The molecule has 0 radical (unpaired) electrons. The Bertz CT molecular complexity index is 1370. The average molecular weight is 411 g/mol. The van der Waals surface area contributed by atoms with Crippen molar-refractivity contribution in [3.8, 4) is 28.5 Å². The topological polar surface area (TPSA) is 106 Å². The van der Waals surface area contributed by atoms with Crippen molar-refractivity contribution in [1.29, 1.82) is 0 Å². The monoisotopic (exact) mass is 411 g/mol. The Morgan fingerprint density at radius 2 is 1.84 bits per heavy atom. The lowest BCUT2D eigenvalue weighted by Crippen LogP contribution is -2.12. The predicted octanol–water partition coefficient (Wildman–Crippen LogP) is 4.54. The molecule has 5 rings (SSSR count). The molecular weight excluding hydrogens is 394 g/mol. The summed E-state index contributed by atoms with van der Waals surface area (Å²) in [6, 6.07) is 22.2. The number of carbonyl (C=O) groups is 1. The third-order valence-electron chi connectivity index (χ3n) is 4.85. The Morgan fingerprint density at radius 1 is 1.03 bits per heavy atom. The average Bonchev–Trinajstić information content (AvgIpc) is 3.46. The molecule has 8 nitrogen and oxygen atoms in total. The smallest absolute Gasteiger partial charge is 0.258 e. The number of fused-ring (bicyclic) bond motifs is 1. The van der Waals surface area contributed by atoms with Crippen LogP contribution in [0.15, 0.2) is 77.3 Å². The number of amides is 1. The van der Waals surface area contributed by atoms with Gasteiger partial charge in [-0.1, -0.05) is 47.6 Å². The van der Waals surface area contributed by atoms with Crippen molar-refractivity contribution in [2.45, 2.75) is 0 Å². The van der Waals surface area contributed by atoms with E-state index in [0.717, 1.165) is 16.5 Å². The largest absolute Gasteiger partial charge is 0.496 e. The summed E-state index contributed by atoms with van der Waals surface area (Å²) < 4.78 is 10.9. The van der Waals surface area contributed by atoms with E-state index >= 15 is 0 Å². The van der Waals surface area contributed by atoms with Gasteiger partial charge in [0.05, 0.1) is 18.1 Å². The van der Waals surface area contributed by atoms with Crippen LogP contribution in [0, 0.1) is 0 Å². The number of aromatic nitrogens is 4. The normalized spacial score (nSPS) is 10.9. The highest BCUT2D eigenvalue weighted by atomic mass is 16.5. The minimum atomic E-state index is -0.340. The molecule has 0 aliphatic carbocycles. The molecule has 2 heterocycles. The summed E-state index contributed by atoms with van der Waals surface area (Å²) in [6.45, 7) is 0. The summed E-state index contributed by atoms with van der Waals surface area (Å²) in [6.07, 6.45) is 0. The van der Waals surface area contributed by atoms with Crippen LogP contribution in [-0.2, 0) is 0 Å². The summed E-state index contributed by atoms with van der Waals surface area (Å²) in [5.74, 6) is 1.59. The first kappa shape index (κ1) is 18.6. The van der Waals surface area contributed by atoms with E-state index < -0.39 is 0 Å². The number of hydrogen-bond donors (Lipinski definition) is 2. The molecule has 0 fully saturated rings. The zero-order valence-corrected chi connectivity index (χ0v) is 16.5. The van der Waals surface area contributed by atoms with Gasteiger partial charge in [0.25, 0.3) is 5.91 Å². The summed E-state index contributed by atoms with van der Waals surface area (Å²) in [7, 11) is 1.59. The maximum Gasteiger partial charge on any atom is 0.258 e. The maximum absolute atomic E-state index is 12.8. The lowest BCUT2D eigenvalue weighted by molar-refractivity contribution is 0.102. The van der Waals surface area contributed by atoms with Crippen molar-refractivity contribution in [2.24, 2.45) is 0 Å². The van der Waals surface area contributed by atoms with E-state index in [9.17, 15) is 4.79 Å². The predicted molar refractivity (Wildman–Crippen MR) is 116 cm³/mol. The van der Waals surface area contributed by atoms with Crippen LogP contribution in [0.5, 0.6) is 5.75 Å². The summed E-state index contributed by atoms with van der Waals surface area (Å²) in [5, 5.41) is 14.5. The fourth-order valence-corrected chi connectivity index (χ4v) is 3.33. The molecule has 5 aromatic rings. The van der Waals surface area contributed by atoms with Crippen molar-refractivity contribution in [1.82, 2.24) is 20.3 Å². The highest BCUT2D eigenvalue weighted by Crippen LogP contribution is 2.30. The van der Waals surface area contributed by atoms with Crippen LogP contribution in [0.4, 0.5) is 5.95 Å². The van der Waals surface area contributed by atoms with E-state index in [2.05, 4.69) is 25.7 Å². The molecule has 31 heavy (non-hydrogen) atoms. The summed E-state index contributed by atoms with van der Waals surface area (Å²) >= 11 is 0. The van der Waals surface area contributed by atoms with Crippen molar-refractivity contribution in [3.05, 3.63) is 78.4 Å². The second-order valence-corrected chi connectivity index (χ2v) is 6.77. The number of H-pyrrole nitrogens is 1. The lowest BCUT2D eigenvalue weighted by atomic mass is 10.1. The first-order valence-electron chi connectivity index (χ1n) is 9.55. The zero-order chi connectivity index (χ0) is 21.2. The summed E-state index contributed by atoms with van der Waals surface area (Å²) in [5.41, 5.74) is 2.75. The molecule has 0 aliphatic heterocycles. The number of nitrogens with one attached hydrogen (secondary N) is 2. The number of hydrogen-bond acceptors (Lipinski definition) is 6. The van der Waals surface area contributed by atoms with Crippen molar-refractivity contribution < 1.29 is 14.1 Å². The SMILES string of the molecule is COc1ccccc1-c1nc(NC(=O)c2ccc3noc(-c4ccccc4)c3c2)n[nH]1. The van der Waals surface area contributed by atoms with Gasteiger partial charge >= 0.3 is 0 Å². The van der Waals surface area contributed by atoms with Crippen LogP contribution in [0.3, 0.4) is 0 Å². The first-order valence-corrected chi connectivity index (χ1v) is 9.55. The molecule has 0 saturated carbocycles. The Morgan fingerprint density at radius 3 is 2.68 bits per heavy atom. The van der Waals surface area contributed by atoms with E-state index in [1.54, 1.807) is 25.3 Å². The highest BCUT2D eigenvalue weighted by Gasteiger charge is 2.16. The molecule has 2 N–H and O–H groups in total. The molecule has 8 heteroatoms. The number of carbonyl (C=O) groups excluding carboxylic acids is 1. The minimum absolute atomic E-state index is 0.166. The molecule has 0 aliphatic rings. The van der Waals surface area contributed by atoms with Gasteiger partial charge < -0.3 is 9.26 Å². The van der Waals surface area contributed by atoms with Gasteiger partial charge in [0.2, 0.25) is 5.95 Å². The van der Waals surface area contributed by atoms with Crippen LogP contribution < -0.4 is 10.1 Å². The Hall–Kier alpha value is -4.46. The van der Waals surface area contributed by atoms with Crippen molar-refractivity contribution in [2.75, 3.05) is 12.4 Å². The van der Waals surface area contributed by atoms with Crippen LogP contribution in [0.1, 0.15) is 10.4 Å². The number of ether oxygens (including phenoxy) is 1. The fraction of sp³-hybridized carbons (Fsp3) is 0.0435. The fourth-order valence-electron chi connectivity index (χ4n) is 3.33. The van der Waals surface area contributed by atoms with Gasteiger partial charge in [-0.2, -0.15) is 4.98 Å². The van der Waals surface area contributed by atoms with E-state index in [4.69, 9.17) is 9.26 Å². The number of nitrogens with zero attached hydrogens (tertiary/aromatic N) is 3. The molecule has 152 valence electrons. The molecular formula is C23H17N5O3. The van der Waals surface area contributed by atoms with E-state index in [1.165, 1.54) is 0 Å². The van der Waals surface area contributed by atoms with Crippen LogP contribution in [0.25, 0.3) is 33.6 Å². The first-order chi connectivity index (χ1) is 15.2. The van der Waals surface area contributed by atoms with Crippen molar-refractivity contribution in [3.63, 3.8) is 0 Å². The number of para-hydroxylation sites is 1. The Kier molecular flexibility index (Phi) is 4.64. The molecule has 0 unspecified atom stereocenters. The number of methoxy groups -OCH3 is 1. The number of aromatic amines is 1. The molecule has 0 atom stereocenters. The molecule has 1 amide bonds. The second-order valence-electron chi connectivity index (χ2n) is 6.77. The van der Waals surface area contributed by atoms with Crippen LogP contribution in [0.2, 0.25) is 0 Å². The zero-order valence-electron chi connectivity index (χ0n) is 16.5. The van der Waals surface area contributed by atoms with Gasteiger partial charge in [-0.15, -0.1) is 5.10 Å². The number of anilines is 1. The molecule has 3 aromatic carbocycles. The third-order valence-corrected chi connectivity index (χ3v) is 4.85. The highest BCUT2D eigenvalue weighted by molar-refractivity contribution is 6.06. The molecule has 2 aromatic heterocycles. The Balaban J connectivity index is 1.42. The number of benzene rings is 3. The molecule has 0 spiro atoms. The maximum atomic E-state index is 12.8. The van der Waals surface area contributed by atoms with Gasteiger partial charge in [-0.25, -0.2) is 0 Å². The minimum Gasteiger partial charge on any atom is -0.496 e. The van der Waals surface area contributed by atoms with Crippen LogP contribution in [-0.4, -0.2) is 33.4 Å². The van der Waals surface area contributed by atoms with E-state index in [1.807, 2.05) is 54.6 Å². The van der Waals surface area contributed by atoms with Gasteiger partial charge in [0.1, 0.15) is 11.3 Å². The molecule has 0 bridgehead atoms. The van der Waals surface area contributed by atoms with Gasteiger partial charge in [0.15, 0.2) is 11.6 Å². The quantitative estimate of drug-likeness (QED) is 0.440. The van der Waals surface area contributed by atoms with Crippen LogP contribution >= 0.6 is 0 Å². The Labute approximate surface area is 176 Å². The van der Waals surface area contributed by atoms with Gasteiger partial charge in [-0.3, -0.25) is 15.2 Å². The standard InChI is InChI=1S/C23H17N5O3/c1-30-19-10-6-5-9-16(19)21-24-23(27-26-21)25-22(29)15-11-12-18-17(13-15)20(31-28-18)14-7-3-2-4-8-14/h2-13H,1H3,(H2,24,25,26,27,29). The molecule has 0 saturated heterocycles. The van der Waals surface area contributed by atoms with E-state index in [-0.39, 0.29) is 11.9 Å². The lowest BCUT2D eigenvalue weighted by Gasteiger charge is -2.04. The van der Waals surface area contributed by atoms with Gasteiger partial charge in [-0.05, 0) is 30.3 Å². The third kappa shape index (κ3) is 3.51.